The summed E-state index contributed by atoms with van der Waals surface area (Å²) in [6.45, 7) is 0. The topological polar surface area (TPSA) is 60.2 Å². The molecule has 0 spiro atoms. The highest BCUT2D eigenvalue weighted by Crippen LogP contribution is 2.29. The zero-order chi connectivity index (χ0) is 13.9. The minimum atomic E-state index is 0.587. The van der Waals surface area contributed by atoms with Crippen molar-refractivity contribution in [1.29, 1.82) is 0 Å². The molecule has 1 aromatic heterocycles. The first kappa shape index (κ1) is 12.3. The summed E-state index contributed by atoms with van der Waals surface area (Å²) in [5, 5.41) is 5.17. The van der Waals surface area contributed by atoms with Gasteiger partial charge in [-0.1, -0.05) is 6.07 Å². The molecule has 20 heavy (non-hydrogen) atoms. The quantitative estimate of drug-likeness (QED) is 0.710. The first-order valence-corrected chi connectivity index (χ1v) is 6.36. The number of fused-ring (bicyclic) bond motifs is 1. The summed E-state index contributed by atoms with van der Waals surface area (Å²) in [4.78, 5) is 4.32. The van der Waals surface area contributed by atoms with Gasteiger partial charge in [0.25, 0.3) is 0 Å². The Balaban J connectivity index is 2.04. The van der Waals surface area contributed by atoms with Crippen molar-refractivity contribution in [3.05, 3.63) is 54.7 Å². The predicted molar refractivity (Wildman–Crippen MR) is 82.2 cm³/mol. The van der Waals surface area contributed by atoms with Crippen molar-refractivity contribution in [2.24, 2.45) is 0 Å². The lowest BCUT2D eigenvalue weighted by molar-refractivity contribution is 0.469. The molecule has 0 amide bonds. The summed E-state index contributed by atoms with van der Waals surface area (Å²) in [5.41, 5.74) is 7.40. The monoisotopic (exact) mass is 265 g/mol. The first-order valence-electron chi connectivity index (χ1n) is 6.36. The number of rotatable bonds is 3. The summed E-state index contributed by atoms with van der Waals surface area (Å²) in [6, 6.07) is 15.3. The van der Waals surface area contributed by atoms with Crippen molar-refractivity contribution in [2.75, 3.05) is 18.1 Å². The highest BCUT2D eigenvalue weighted by molar-refractivity contribution is 5.89. The van der Waals surface area contributed by atoms with Gasteiger partial charge in [0.05, 0.1) is 0 Å². The maximum atomic E-state index is 5.85. The van der Waals surface area contributed by atoms with Crippen LogP contribution in [-0.4, -0.2) is 12.0 Å². The third-order valence-corrected chi connectivity index (χ3v) is 3.11. The molecule has 0 bridgehead atoms. The number of hydrogen-bond acceptors (Lipinski definition) is 4. The minimum absolute atomic E-state index is 0.587. The Kier molecular flexibility index (Phi) is 3.13. The van der Waals surface area contributed by atoms with E-state index in [1.54, 1.807) is 18.3 Å². The van der Waals surface area contributed by atoms with Crippen LogP contribution in [0.15, 0.2) is 54.7 Å². The summed E-state index contributed by atoms with van der Waals surface area (Å²) in [6.07, 6.45) is 1.74. The van der Waals surface area contributed by atoms with Crippen LogP contribution in [0.25, 0.3) is 10.8 Å². The van der Waals surface area contributed by atoms with Crippen LogP contribution >= 0.6 is 0 Å². The number of nitrogen functional groups attached to an aromatic ring is 1. The van der Waals surface area contributed by atoms with E-state index < -0.39 is 0 Å². The van der Waals surface area contributed by atoms with Gasteiger partial charge < -0.3 is 15.8 Å². The van der Waals surface area contributed by atoms with Gasteiger partial charge in [-0.25, -0.2) is 4.98 Å². The average Bonchev–Trinajstić information content (AvgIpc) is 2.49. The second-order valence-electron chi connectivity index (χ2n) is 4.47. The zero-order valence-corrected chi connectivity index (χ0v) is 11.1. The number of ether oxygens (including phenoxy) is 1. The fourth-order valence-corrected chi connectivity index (χ4v) is 2.03. The highest BCUT2D eigenvalue weighted by atomic mass is 16.5. The Morgan fingerprint density at radius 2 is 1.85 bits per heavy atom. The van der Waals surface area contributed by atoms with E-state index in [0.717, 1.165) is 16.5 Å². The van der Waals surface area contributed by atoms with Gasteiger partial charge in [0.15, 0.2) is 0 Å². The third-order valence-electron chi connectivity index (χ3n) is 3.11. The van der Waals surface area contributed by atoms with E-state index in [1.807, 2.05) is 43.4 Å². The van der Waals surface area contributed by atoms with E-state index in [9.17, 15) is 0 Å². The molecule has 0 unspecified atom stereocenters. The number of hydrogen-bond donors (Lipinski definition) is 2. The molecule has 4 nitrogen and oxygen atoms in total. The molecular weight excluding hydrogens is 250 g/mol. The van der Waals surface area contributed by atoms with Crippen molar-refractivity contribution in [1.82, 2.24) is 4.98 Å². The fraction of sp³-hybridized carbons (Fsp3) is 0.0625. The van der Waals surface area contributed by atoms with Gasteiger partial charge in [-0.15, -0.1) is 0 Å². The van der Waals surface area contributed by atoms with Gasteiger partial charge in [-0.2, -0.15) is 0 Å². The lowest BCUT2D eigenvalue weighted by atomic mass is 10.1. The van der Waals surface area contributed by atoms with E-state index in [4.69, 9.17) is 10.5 Å². The molecule has 0 aliphatic rings. The van der Waals surface area contributed by atoms with Crippen molar-refractivity contribution < 1.29 is 4.74 Å². The highest BCUT2D eigenvalue weighted by Gasteiger charge is 2.06. The normalized spacial score (nSPS) is 10.4. The molecule has 0 aliphatic carbocycles. The van der Waals surface area contributed by atoms with Gasteiger partial charge in [-0.3, -0.25) is 0 Å². The van der Waals surface area contributed by atoms with Crippen LogP contribution in [0.3, 0.4) is 0 Å². The molecule has 3 rings (SSSR count). The van der Waals surface area contributed by atoms with Crippen molar-refractivity contribution in [3.8, 4) is 11.6 Å². The average molecular weight is 265 g/mol. The van der Waals surface area contributed by atoms with Crippen LogP contribution in [0.2, 0.25) is 0 Å². The van der Waals surface area contributed by atoms with E-state index in [1.165, 1.54) is 0 Å². The van der Waals surface area contributed by atoms with Crippen LogP contribution in [0.1, 0.15) is 0 Å². The van der Waals surface area contributed by atoms with Gasteiger partial charge in [0.1, 0.15) is 5.75 Å². The molecule has 1 heterocycles. The van der Waals surface area contributed by atoms with E-state index in [2.05, 4.69) is 10.3 Å². The second kappa shape index (κ2) is 5.09. The molecule has 2 aromatic carbocycles. The Hall–Kier alpha value is -2.75. The van der Waals surface area contributed by atoms with Crippen LogP contribution in [0.4, 0.5) is 11.4 Å². The zero-order valence-electron chi connectivity index (χ0n) is 11.1. The third kappa shape index (κ3) is 2.36. The number of nitrogens with zero attached hydrogens (tertiary/aromatic N) is 1. The molecule has 3 N–H and O–H groups in total. The number of anilines is 2. The molecule has 100 valence electrons. The van der Waals surface area contributed by atoms with Crippen LogP contribution in [-0.2, 0) is 0 Å². The Bertz CT molecular complexity index is 738. The SMILES string of the molecule is CNc1ccc2ccnc(Oc3ccc(N)cc3)c2c1. The Labute approximate surface area is 117 Å². The Morgan fingerprint density at radius 3 is 2.60 bits per heavy atom. The van der Waals surface area contributed by atoms with E-state index in [0.29, 0.717) is 17.3 Å². The molecule has 0 aliphatic heterocycles. The summed E-state index contributed by atoms with van der Waals surface area (Å²) < 4.78 is 5.85. The molecule has 0 radical (unpaired) electrons. The van der Waals surface area contributed by atoms with E-state index in [-0.39, 0.29) is 0 Å². The molecule has 0 saturated heterocycles. The molecular formula is C16H15N3O. The maximum Gasteiger partial charge on any atom is 0.227 e. The maximum absolute atomic E-state index is 5.85. The lowest BCUT2D eigenvalue weighted by Crippen LogP contribution is -1.92. The predicted octanol–water partition coefficient (Wildman–Crippen LogP) is 3.65. The summed E-state index contributed by atoms with van der Waals surface area (Å²) >= 11 is 0. The number of nitrogens with one attached hydrogen (secondary N) is 1. The number of benzene rings is 2. The molecule has 4 heteroatoms. The molecule has 3 aromatic rings. The van der Waals surface area contributed by atoms with Crippen LogP contribution in [0, 0.1) is 0 Å². The van der Waals surface area contributed by atoms with Crippen LogP contribution in [0.5, 0.6) is 11.6 Å². The van der Waals surface area contributed by atoms with Crippen molar-refractivity contribution in [2.45, 2.75) is 0 Å². The largest absolute Gasteiger partial charge is 0.438 e. The summed E-state index contributed by atoms with van der Waals surface area (Å²) in [7, 11) is 1.89. The van der Waals surface area contributed by atoms with E-state index >= 15 is 0 Å². The van der Waals surface area contributed by atoms with Gasteiger partial charge in [0.2, 0.25) is 5.88 Å². The number of aromatic nitrogens is 1. The minimum Gasteiger partial charge on any atom is -0.438 e. The standard InChI is InChI=1S/C16H15N3O/c1-18-13-5-2-11-8-9-19-16(15(11)10-13)20-14-6-3-12(17)4-7-14/h2-10,18H,17H2,1H3. The Morgan fingerprint density at radius 1 is 1.05 bits per heavy atom. The smallest absolute Gasteiger partial charge is 0.227 e. The van der Waals surface area contributed by atoms with Crippen LogP contribution < -0.4 is 15.8 Å². The van der Waals surface area contributed by atoms with Crippen molar-refractivity contribution >= 4 is 22.1 Å². The summed E-state index contributed by atoms with van der Waals surface area (Å²) in [5.74, 6) is 1.30. The first-order chi connectivity index (χ1) is 9.76. The fourth-order valence-electron chi connectivity index (χ4n) is 2.03. The molecule has 0 fully saturated rings. The molecule has 0 saturated carbocycles. The molecule has 0 atom stereocenters. The van der Waals surface area contributed by atoms with Gasteiger partial charge in [-0.05, 0) is 47.9 Å². The van der Waals surface area contributed by atoms with Gasteiger partial charge in [0, 0.05) is 30.0 Å². The lowest BCUT2D eigenvalue weighted by Gasteiger charge is -2.09. The second-order valence-corrected chi connectivity index (χ2v) is 4.47. The van der Waals surface area contributed by atoms with Gasteiger partial charge >= 0.3 is 0 Å². The number of pyridine rings is 1. The van der Waals surface area contributed by atoms with Crippen molar-refractivity contribution in [3.63, 3.8) is 0 Å². The number of nitrogens with two attached hydrogens (primary N) is 1.